The van der Waals surface area contributed by atoms with Crippen molar-refractivity contribution in [3.05, 3.63) is 28.8 Å². The van der Waals surface area contributed by atoms with E-state index in [1.807, 2.05) is 0 Å². The predicted octanol–water partition coefficient (Wildman–Crippen LogP) is 2.43. The normalized spacial score (nSPS) is 24.6. The molecule has 2 aliphatic heterocycles. The first-order chi connectivity index (χ1) is 18.2. The molecule has 3 fully saturated rings. The Kier molecular flexibility index (Phi) is 8.04. The topological polar surface area (TPSA) is 136 Å². The van der Waals surface area contributed by atoms with Gasteiger partial charge in [0, 0.05) is 31.7 Å². The summed E-state index contributed by atoms with van der Waals surface area (Å²) in [4.78, 5) is 54.9. The molecule has 3 atom stereocenters. The Morgan fingerprint density at radius 3 is 2.46 bits per heavy atom. The second-order valence-electron chi connectivity index (χ2n) is 10.5. The zero-order valence-corrected chi connectivity index (χ0v) is 22.1. The molecule has 0 bridgehead atoms. The van der Waals surface area contributed by atoms with Gasteiger partial charge in [0.2, 0.25) is 17.7 Å². The number of amides is 5. The van der Waals surface area contributed by atoms with Crippen LogP contribution in [0.25, 0.3) is 0 Å². The van der Waals surface area contributed by atoms with E-state index in [1.165, 1.54) is 11.8 Å². The number of nitrogens with one attached hydrogen (secondary N) is 1. The average molecular weight is 574 g/mol. The summed E-state index contributed by atoms with van der Waals surface area (Å²) >= 11 is 5.72. The third kappa shape index (κ3) is 6.08. The van der Waals surface area contributed by atoms with Crippen molar-refractivity contribution < 1.29 is 37.5 Å². The molecule has 10 nitrogen and oxygen atoms in total. The Morgan fingerprint density at radius 2 is 1.90 bits per heavy atom. The molecular formula is C25H31ClF3N5O5. The maximum Gasteiger partial charge on any atom is 0.417 e. The molecule has 39 heavy (non-hydrogen) atoms. The van der Waals surface area contributed by atoms with Crippen LogP contribution in [0, 0.1) is 5.41 Å². The van der Waals surface area contributed by atoms with Gasteiger partial charge in [-0.1, -0.05) is 11.6 Å². The molecule has 3 unspecified atom stereocenters. The van der Waals surface area contributed by atoms with E-state index in [0.717, 1.165) is 42.4 Å². The van der Waals surface area contributed by atoms with E-state index in [4.69, 9.17) is 17.3 Å². The molecule has 2 heterocycles. The monoisotopic (exact) mass is 573 g/mol. The number of piperazine rings is 1. The van der Waals surface area contributed by atoms with Gasteiger partial charge in [0.15, 0.2) is 0 Å². The molecule has 1 spiro atoms. The number of carbonyl (C=O) groups is 4. The van der Waals surface area contributed by atoms with Crippen molar-refractivity contribution in [3.63, 3.8) is 0 Å². The van der Waals surface area contributed by atoms with Crippen molar-refractivity contribution in [1.82, 2.24) is 14.7 Å². The number of halogens is 4. The van der Waals surface area contributed by atoms with Gasteiger partial charge in [0.05, 0.1) is 23.2 Å². The minimum atomic E-state index is -4.66. The summed E-state index contributed by atoms with van der Waals surface area (Å²) in [6.45, 7) is 2.15. The lowest BCUT2D eigenvalue weighted by Gasteiger charge is -2.43. The van der Waals surface area contributed by atoms with Gasteiger partial charge >= 0.3 is 12.2 Å². The van der Waals surface area contributed by atoms with E-state index in [0.29, 0.717) is 6.54 Å². The highest BCUT2D eigenvalue weighted by Gasteiger charge is 2.51. The molecule has 0 aromatic heterocycles. The minimum Gasteiger partial charge on any atom is -0.391 e. The van der Waals surface area contributed by atoms with E-state index >= 15 is 0 Å². The third-order valence-corrected chi connectivity index (χ3v) is 8.30. The summed E-state index contributed by atoms with van der Waals surface area (Å²) < 4.78 is 38.9. The first kappa shape index (κ1) is 28.9. The van der Waals surface area contributed by atoms with Gasteiger partial charge in [-0.15, -0.1) is 0 Å². The molecule has 1 aliphatic carbocycles. The number of β-amino-alcohol motifs (C(OH)–C–C–N with tert-alkyl or cyclic N) is 1. The van der Waals surface area contributed by atoms with Gasteiger partial charge in [-0.2, -0.15) is 13.2 Å². The number of anilines is 1. The highest BCUT2D eigenvalue weighted by molar-refractivity contribution is 6.31. The molecule has 2 saturated heterocycles. The fourth-order valence-electron chi connectivity index (χ4n) is 5.30. The number of hydrogen-bond donors (Lipinski definition) is 3. The average Bonchev–Trinajstić information content (AvgIpc) is 3.63. The Labute approximate surface area is 228 Å². The zero-order chi connectivity index (χ0) is 28.7. The second kappa shape index (κ2) is 10.8. The number of aliphatic hydroxyl groups excluding tert-OH is 1. The standard InChI is InChI=1S/C25H31ClF3N5O5/c1-14-22(38)33(9-2-3-20(36)32-10-8-24(6-7-24)19(35)13-32)18(21(30)37)12-34(14)23(39)31-15-4-5-16(17(26)11-15)25(27,28)29/h4-5,11,14,18-19,35H,2-3,6-10,12-13H2,1H3,(H2,30,37)(H,31,39). The molecule has 4 rings (SSSR count). The fourth-order valence-corrected chi connectivity index (χ4v) is 5.59. The van der Waals surface area contributed by atoms with Crippen molar-refractivity contribution in [3.8, 4) is 0 Å². The molecular weight excluding hydrogens is 543 g/mol. The number of nitrogens with zero attached hydrogens (tertiary/aromatic N) is 3. The molecule has 3 aliphatic rings. The maximum atomic E-state index is 13.1. The number of alkyl halides is 3. The van der Waals surface area contributed by atoms with E-state index < -0.39 is 52.8 Å². The second-order valence-corrected chi connectivity index (χ2v) is 10.9. The molecule has 5 amide bonds. The fraction of sp³-hybridized carbons (Fsp3) is 0.600. The molecule has 0 radical (unpaired) electrons. The number of hydrogen-bond acceptors (Lipinski definition) is 5. The van der Waals surface area contributed by atoms with Gasteiger partial charge in [0.25, 0.3) is 0 Å². The summed E-state index contributed by atoms with van der Waals surface area (Å²) in [6, 6.07) is -0.273. The lowest BCUT2D eigenvalue weighted by Crippen LogP contribution is -2.66. The van der Waals surface area contributed by atoms with Crippen LogP contribution in [-0.4, -0.2) is 87.9 Å². The Bertz CT molecular complexity index is 1160. The van der Waals surface area contributed by atoms with E-state index in [-0.39, 0.29) is 49.5 Å². The molecule has 1 aromatic carbocycles. The molecule has 1 aromatic rings. The Morgan fingerprint density at radius 1 is 1.21 bits per heavy atom. The van der Waals surface area contributed by atoms with Crippen LogP contribution in [0.1, 0.15) is 44.6 Å². The number of aliphatic hydroxyl groups is 1. The lowest BCUT2D eigenvalue weighted by molar-refractivity contribution is -0.148. The molecule has 214 valence electrons. The molecule has 14 heteroatoms. The summed E-state index contributed by atoms with van der Waals surface area (Å²) in [5.41, 5.74) is 4.42. The van der Waals surface area contributed by atoms with Crippen molar-refractivity contribution in [2.24, 2.45) is 11.1 Å². The number of nitrogens with two attached hydrogens (primary N) is 1. The van der Waals surface area contributed by atoms with Gasteiger partial charge in [-0.25, -0.2) is 4.79 Å². The quantitative estimate of drug-likeness (QED) is 0.480. The number of primary amides is 1. The SMILES string of the molecule is CC1C(=O)N(CCCC(=O)N2CCC3(CC3)C(O)C2)C(C(N)=O)CN1C(=O)Nc1ccc(C(F)(F)F)c(Cl)c1. The van der Waals surface area contributed by atoms with E-state index in [1.54, 1.807) is 4.90 Å². The summed E-state index contributed by atoms with van der Waals surface area (Å²) in [7, 11) is 0. The van der Waals surface area contributed by atoms with Crippen LogP contribution in [0.4, 0.5) is 23.7 Å². The van der Waals surface area contributed by atoms with Crippen LogP contribution in [0.3, 0.4) is 0 Å². The molecule has 1 saturated carbocycles. The summed E-state index contributed by atoms with van der Waals surface area (Å²) in [5.74, 6) is -1.54. The highest BCUT2D eigenvalue weighted by Crippen LogP contribution is 2.53. The first-order valence-corrected chi connectivity index (χ1v) is 13.1. The van der Waals surface area contributed by atoms with Gasteiger partial charge in [-0.05, 0) is 56.2 Å². The number of rotatable bonds is 6. The van der Waals surface area contributed by atoms with Gasteiger partial charge in [0.1, 0.15) is 12.1 Å². The van der Waals surface area contributed by atoms with Crippen molar-refractivity contribution in [2.75, 3.05) is 31.5 Å². The van der Waals surface area contributed by atoms with Crippen LogP contribution < -0.4 is 11.1 Å². The van der Waals surface area contributed by atoms with E-state index in [9.17, 15) is 37.5 Å². The van der Waals surface area contributed by atoms with Gasteiger partial charge in [-0.3, -0.25) is 14.4 Å². The van der Waals surface area contributed by atoms with E-state index in [2.05, 4.69) is 5.32 Å². The highest BCUT2D eigenvalue weighted by atomic mass is 35.5. The third-order valence-electron chi connectivity index (χ3n) is 7.98. The smallest absolute Gasteiger partial charge is 0.391 e. The zero-order valence-electron chi connectivity index (χ0n) is 21.3. The lowest BCUT2D eigenvalue weighted by atomic mass is 9.90. The molecule has 4 N–H and O–H groups in total. The Hall–Kier alpha value is -3.06. The number of urea groups is 1. The van der Waals surface area contributed by atoms with Crippen molar-refractivity contribution in [1.29, 1.82) is 0 Å². The number of piperidine rings is 1. The van der Waals surface area contributed by atoms with Crippen molar-refractivity contribution in [2.45, 2.75) is 63.4 Å². The first-order valence-electron chi connectivity index (χ1n) is 12.7. The summed E-state index contributed by atoms with van der Waals surface area (Å²) in [6.07, 6.45) is -2.10. The predicted molar refractivity (Wildman–Crippen MR) is 134 cm³/mol. The number of benzene rings is 1. The van der Waals surface area contributed by atoms with Gasteiger partial charge < -0.3 is 30.9 Å². The van der Waals surface area contributed by atoms with Crippen LogP contribution in [0.2, 0.25) is 5.02 Å². The summed E-state index contributed by atoms with van der Waals surface area (Å²) in [5, 5.41) is 12.1. The van der Waals surface area contributed by atoms with Crippen LogP contribution in [0.5, 0.6) is 0 Å². The van der Waals surface area contributed by atoms with Crippen LogP contribution in [-0.2, 0) is 20.6 Å². The number of carbonyl (C=O) groups excluding carboxylic acids is 4. The van der Waals surface area contributed by atoms with Crippen molar-refractivity contribution >= 4 is 41.0 Å². The van der Waals surface area contributed by atoms with Crippen LogP contribution in [0.15, 0.2) is 18.2 Å². The number of likely N-dealkylation sites (tertiary alicyclic amines) is 1. The Balaban J connectivity index is 1.35. The maximum absolute atomic E-state index is 13.1. The van der Waals surface area contributed by atoms with Crippen LogP contribution >= 0.6 is 11.6 Å². The minimum absolute atomic E-state index is 0.0235. The largest absolute Gasteiger partial charge is 0.417 e.